The zero-order chi connectivity index (χ0) is 13.2. The summed E-state index contributed by atoms with van der Waals surface area (Å²) in [5, 5.41) is 3.46. The molecule has 19 heavy (non-hydrogen) atoms. The number of hydrogen-bond acceptors (Lipinski definition) is 4. The van der Waals surface area contributed by atoms with E-state index in [0.717, 1.165) is 37.8 Å². The van der Waals surface area contributed by atoms with Gasteiger partial charge in [0.15, 0.2) is 0 Å². The molecule has 4 nitrogen and oxygen atoms in total. The van der Waals surface area contributed by atoms with Crippen molar-refractivity contribution in [2.75, 3.05) is 29.9 Å². The van der Waals surface area contributed by atoms with Crippen molar-refractivity contribution in [3.8, 4) is 0 Å². The number of rotatable bonds is 5. The molecular weight excluding hydrogens is 351 g/mol. The van der Waals surface area contributed by atoms with Crippen LogP contribution in [0.2, 0.25) is 0 Å². The summed E-state index contributed by atoms with van der Waals surface area (Å²) in [6.07, 6.45) is 6.24. The Hall–Kier alpha value is -0.590. The highest BCUT2D eigenvalue weighted by atomic mass is 127. The lowest BCUT2D eigenvalue weighted by molar-refractivity contribution is 0.860. The number of halogens is 1. The van der Waals surface area contributed by atoms with E-state index in [1.165, 1.54) is 34.9 Å². The third-order valence-electron chi connectivity index (χ3n) is 3.76. The van der Waals surface area contributed by atoms with Gasteiger partial charge in [0.2, 0.25) is 5.95 Å². The molecule has 0 radical (unpaired) electrons. The number of anilines is 2. The third kappa shape index (κ3) is 2.95. The summed E-state index contributed by atoms with van der Waals surface area (Å²) >= 11 is 2.41. The smallest absolute Gasteiger partial charge is 0.227 e. The summed E-state index contributed by atoms with van der Waals surface area (Å²) in [5.41, 5.74) is 1.27. The fourth-order valence-electron chi connectivity index (χ4n) is 2.50. The zero-order valence-electron chi connectivity index (χ0n) is 11.5. The van der Waals surface area contributed by atoms with E-state index in [4.69, 9.17) is 9.97 Å². The number of nitrogens with zero attached hydrogens (tertiary/aromatic N) is 3. The molecule has 0 atom stereocenters. The standard InChI is InChI=1S/C14H21IN4/c1-2-7-16-13-11(15)12(10-5-6-10)17-14(18-13)19-8-3-4-9-19/h10H,2-9H2,1H3,(H,16,17,18). The highest BCUT2D eigenvalue weighted by Gasteiger charge is 2.30. The summed E-state index contributed by atoms with van der Waals surface area (Å²) in [6.45, 7) is 5.39. The molecule has 2 aliphatic rings. The quantitative estimate of drug-likeness (QED) is 0.805. The van der Waals surface area contributed by atoms with Crippen LogP contribution in [0, 0.1) is 3.57 Å². The van der Waals surface area contributed by atoms with Gasteiger partial charge >= 0.3 is 0 Å². The molecule has 0 amide bonds. The molecule has 1 saturated carbocycles. The van der Waals surface area contributed by atoms with Gasteiger partial charge in [-0.2, -0.15) is 4.98 Å². The molecule has 1 aliphatic heterocycles. The highest BCUT2D eigenvalue weighted by molar-refractivity contribution is 14.1. The Morgan fingerprint density at radius 1 is 1.26 bits per heavy atom. The van der Waals surface area contributed by atoms with Gasteiger partial charge in [-0.25, -0.2) is 4.98 Å². The molecule has 1 aromatic rings. The summed E-state index contributed by atoms with van der Waals surface area (Å²) in [6, 6.07) is 0. The summed E-state index contributed by atoms with van der Waals surface area (Å²) in [7, 11) is 0. The van der Waals surface area contributed by atoms with Crippen LogP contribution < -0.4 is 10.2 Å². The first-order valence-corrected chi connectivity index (χ1v) is 8.43. The van der Waals surface area contributed by atoms with Gasteiger partial charge in [-0.1, -0.05) is 6.92 Å². The van der Waals surface area contributed by atoms with Crippen molar-refractivity contribution in [3.05, 3.63) is 9.26 Å². The van der Waals surface area contributed by atoms with Gasteiger partial charge in [-0.15, -0.1) is 0 Å². The molecule has 1 saturated heterocycles. The van der Waals surface area contributed by atoms with Crippen molar-refractivity contribution in [2.24, 2.45) is 0 Å². The van der Waals surface area contributed by atoms with Gasteiger partial charge in [-0.05, 0) is 54.7 Å². The van der Waals surface area contributed by atoms with Gasteiger partial charge in [0, 0.05) is 25.6 Å². The van der Waals surface area contributed by atoms with Gasteiger partial charge in [0.1, 0.15) is 5.82 Å². The van der Waals surface area contributed by atoms with E-state index in [1.54, 1.807) is 0 Å². The Labute approximate surface area is 128 Å². The van der Waals surface area contributed by atoms with Crippen LogP contribution in [-0.2, 0) is 0 Å². The topological polar surface area (TPSA) is 41.1 Å². The Morgan fingerprint density at radius 3 is 2.63 bits per heavy atom. The maximum atomic E-state index is 4.85. The van der Waals surface area contributed by atoms with Crippen molar-refractivity contribution < 1.29 is 0 Å². The first-order valence-electron chi connectivity index (χ1n) is 7.36. The van der Waals surface area contributed by atoms with Crippen molar-refractivity contribution in [1.82, 2.24) is 9.97 Å². The van der Waals surface area contributed by atoms with Gasteiger partial charge in [-0.3, -0.25) is 0 Å². The second-order valence-electron chi connectivity index (χ2n) is 5.47. The Bertz CT molecular complexity index is 453. The average molecular weight is 372 g/mol. The molecule has 0 unspecified atom stereocenters. The predicted molar refractivity (Wildman–Crippen MR) is 87.0 cm³/mol. The average Bonchev–Trinajstić information content (AvgIpc) is 3.11. The van der Waals surface area contributed by atoms with E-state index in [2.05, 4.69) is 39.7 Å². The summed E-state index contributed by atoms with van der Waals surface area (Å²) < 4.78 is 1.23. The van der Waals surface area contributed by atoms with Gasteiger partial charge in [0.05, 0.1) is 9.26 Å². The van der Waals surface area contributed by atoms with E-state index >= 15 is 0 Å². The van der Waals surface area contributed by atoms with E-state index in [9.17, 15) is 0 Å². The molecule has 5 heteroatoms. The summed E-state index contributed by atoms with van der Waals surface area (Å²) in [5.74, 6) is 2.66. The highest BCUT2D eigenvalue weighted by Crippen LogP contribution is 2.43. The predicted octanol–water partition coefficient (Wildman–Crippen LogP) is 3.38. The van der Waals surface area contributed by atoms with Crippen LogP contribution in [0.25, 0.3) is 0 Å². The van der Waals surface area contributed by atoms with Crippen LogP contribution in [0.5, 0.6) is 0 Å². The molecule has 2 fully saturated rings. The fraction of sp³-hybridized carbons (Fsp3) is 0.714. The Balaban J connectivity index is 1.92. The zero-order valence-corrected chi connectivity index (χ0v) is 13.6. The number of nitrogens with one attached hydrogen (secondary N) is 1. The maximum absolute atomic E-state index is 4.85. The van der Waals surface area contributed by atoms with Crippen LogP contribution in [0.1, 0.15) is 50.6 Å². The second-order valence-corrected chi connectivity index (χ2v) is 6.55. The normalized spacial score (nSPS) is 18.9. The molecule has 1 N–H and O–H groups in total. The van der Waals surface area contributed by atoms with Crippen molar-refractivity contribution in [2.45, 2.75) is 44.9 Å². The van der Waals surface area contributed by atoms with Crippen LogP contribution >= 0.6 is 22.6 Å². The summed E-state index contributed by atoms with van der Waals surface area (Å²) in [4.78, 5) is 11.9. The van der Waals surface area contributed by atoms with Gasteiger partial charge < -0.3 is 10.2 Å². The molecule has 1 aliphatic carbocycles. The number of hydrogen-bond donors (Lipinski definition) is 1. The molecule has 0 aromatic carbocycles. The van der Waals surface area contributed by atoms with Crippen LogP contribution in [-0.4, -0.2) is 29.6 Å². The largest absolute Gasteiger partial charge is 0.369 e. The van der Waals surface area contributed by atoms with E-state index in [-0.39, 0.29) is 0 Å². The first kappa shape index (κ1) is 13.4. The minimum absolute atomic E-state index is 0.679. The Kier molecular flexibility index (Phi) is 4.10. The molecular formula is C14H21IN4. The van der Waals surface area contributed by atoms with E-state index in [1.807, 2.05) is 0 Å². The molecule has 1 aromatic heterocycles. The van der Waals surface area contributed by atoms with Crippen LogP contribution in [0.15, 0.2) is 0 Å². The lowest BCUT2D eigenvalue weighted by atomic mass is 10.2. The molecule has 3 rings (SSSR count). The number of aromatic nitrogens is 2. The van der Waals surface area contributed by atoms with Crippen LogP contribution in [0.3, 0.4) is 0 Å². The Morgan fingerprint density at radius 2 is 2.00 bits per heavy atom. The molecule has 104 valence electrons. The third-order valence-corrected chi connectivity index (χ3v) is 4.82. The second kappa shape index (κ2) is 5.81. The molecule has 0 spiro atoms. The van der Waals surface area contributed by atoms with Crippen molar-refractivity contribution in [1.29, 1.82) is 0 Å². The maximum Gasteiger partial charge on any atom is 0.227 e. The van der Waals surface area contributed by atoms with Crippen molar-refractivity contribution >= 4 is 34.4 Å². The van der Waals surface area contributed by atoms with E-state index in [0.29, 0.717) is 5.92 Å². The van der Waals surface area contributed by atoms with Crippen LogP contribution in [0.4, 0.5) is 11.8 Å². The lowest BCUT2D eigenvalue weighted by Crippen LogP contribution is -2.22. The first-order chi connectivity index (χ1) is 9.29. The fourth-order valence-corrected chi connectivity index (χ4v) is 3.37. The molecule has 2 heterocycles. The van der Waals surface area contributed by atoms with E-state index < -0.39 is 0 Å². The monoisotopic (exact) mass is 372 g/mol. The SMILES string of the molecule is CCCNc1nc(N2CCCC2)nc(C2CC2)c1I. The molecule has 0 bridgehead atoms. The lowest BCUT2D eigenvalue weighted by Gasteiger charge is -2.19. The minimum atomic E-state index is 0.679. The van der Waals surface area contributed by atoms with Crippen molar-refractivity contribution in [3.63, 3.8) is 0 Å². The minimum Gasteiger partial charge on any atom is -0.369 e. The van der Waals surface area contributed by atoms with Gasteiger partial charge in [0.25, 0.3) is 0 Å².